The number of rotatable bonds is 10. The lowest BCUT2D eigenvalue weighted by Gasteiger charge is -2.26. The minimum atomic E-state index is -0.347. The van der Waals surface area contributed by atoms with E-state index < -0.39 is 0 Å². The molecule has 6 nitrogen and oxygen atoms in total. The van der Waals surface area contributed by atoms with E-state index in [0.717, 1.165) is 90.1 Å². The average molecular weight is 948 g/mol. The molecule has 354 valence electrons. The highest BCUT2D eigenvalue weighted by atomic mass is 16.7. The quantitative estimate of drug-likeness (QED) is 0.138. The van der Waals surface area contributed by atoms with E-state index in [1.165, 1.54) is 22.4 Å². The Hall–Kier alpha value is -9.00. The van der Waals surface area contributed by atoms with Crippen LogP contribution in [-0.2, 0) is 0 Å². The lowest BCUT2D eigenvalue weighted by atomic mass is 9.86. The van der Waals surface area contributed by atoms with E-state index in [2.05, 4.69) is 224 Å². The lowest BCUT2D eigenvalue weighted by Crippen LogP contribution is -2.32. The Morgan fingerprint density at radius 3 is 1.71 bits per heavy atom. The fraction of sp³-hybridized carbons (Fsp3) is 0.104. The Kier molecular flexibility index (Phi) is 11.0. The molecule has 9 aromatic carbocycles. The fourth-order valence-corrected chi connectivity index (χ4v) is 11.4. The molecule has 9 aromatic rings. The highest BCUT2D eigenvalue weighted by molar-refractivity contribution is 5.84. The first-order valence-corrected chi connectivity index (χ1v) is 25.2. The van der Waals surface area contributed by atoms with Crippen molar-refractivity contribution < 1.29 is 14.3 Å². The third kappa shape index (κ3) is 7.83. The van der Waals surface area contributed by atoms with E-state index in [0.29, 0.717) is 0 Å². The van der Waals surface area contributed by atoms with Crippen molar-refractivity contribution in [2.24, 2.45) is 0 Å². The Morgan fingerprint density at radius 1 is 0.493 bits per heavy atom. The summed E-state index contributed by atoms with van der Waals surface area (Å²) in [5.74, 6) is 2.55. The number of hydrogen-bond donors (Lipinski definition) is 1. The zero-order chi connectivity index (χ0) is 49.0. The van der Waals surface area contributed by atoms with Gasteiger partial charge in [0, 0.05) is 39.7 Å². The molecule has 0 bridgehead atoms. The van der Waals surface area contributed by atoms with Crippen molar-refractivity contribution in [2.45, 2.75) is 44.1 Å². The predicted octanol–water partition coefficient (Wildman–Crippen LogP) is 16.9. The smallest absolute Gasteiger partial charge is 0.187 e. The van der Waals surface area contributed by atoms with Gasteiger partial charge in [-0.25, -0.2) is 0 Å². The second-order valence-electron chi connectivity index (χ2n) is 19.3. The maximum atomic E-state index is 6.92. The molecule has 4 heterocycles. The second kappa shape index (κ2) is 18.3. The molecule has 0 radical (unpaired) electrons. The van der Waals surface area contributed by atoms with Crippen molar-refractivity contribution in [3.63, 3.8) is 0 Å². The monoisotopic (exact) mass is 947 g/mol. The maximum Gasteiger partial charge on any atom is 0.187 e. The molecule has 0 aromatic heterocycles. The molecule has 0 spiro atoms. The van der Waals surface area contributed by atoms with Crippen LogP contribution in [0.25, 0.3) is 33.4 Å². The Labute approximate surface area is 427 Å². The zero-order valence-corrected chi connectivity index (χ0v) is 40.7. The molecule has 0 saturated heterocycles. The normalized spacial score (nSPS) is 18.9. The van der Waals surface area contributed by atoms with Crippen LogP contribution in [-0.4, -0.2) is 12.5 Å². The van der Waals surface area contributed by atoms with Crippen LogP contribution >= 0.6 is 0 Å². The van der Waals surface area contributed by atoms with Crippen molar-refractivity contribution >= 4 is 28.4 Å². The van der Waals surface area contributed by atoms with Gasteiger partial charge in [-0.05, 0) is 160 Å². The number of ether oxygens (including phenoxy) is 2. The third-order valence-corrected chi connectivity index (χ3v) is 14.9. The van der Waals surface area contributed by atoms with Crippen molar-refractivity contribution in [1.82, 2.24) is 0 Å². The molecule has 0 aliphatic carbocycles. The van der Waals surface area contributed by atoms with E-state index >= 15 is 0 Å². The van der Waals surface area contributed by atoms with Crippen LogP contribution in [0.2, 0.25) is 0 Å². The van der Waals surface area contributed by atoms with Crippen LogP contribution in [0, 0.1) is 0 Å². The minimum Gasteiger partial charge on any atom is -0.469 e. The highest BCUT2D eigenvalue weighted by Crippen LogP contribution is 2.55. The number of nitrogens with zero attached hydrogens (tertiary/aromatic N) is 2. The minimum absolute atomic E-state index is 0.0412. The lowest BCUT2D eigenvalue weighted by molar-refractivity contribution is 0.234. The highest BCUT2D eigenvalue weighted by Gasteiger charge is 2.47. The van der Waals surface area contributed by atoms with Crippen LogP contribution in [0.15, 0.2) is 249 Å². The largest absolute Gasteiger partial charge is 0.469 e. The first-order chi connectivity index (χ1) is 36.0. The topological polar surface area (TPSA) is 46.2 Å². The van der Waals surface area contributed by atoms with E-state index in [1.54, 1.807) is 0 Å². The van der Waals surface area contributed by atoms with Crippen LogP contribution in [0.3, 0.4) is 0 Å². The Bertz CT molecular complexity index is 3620. The molecule has 5 unspecified atom stereocenters. The second-order valence-corrected chi connectivity index (χ2v) is 19.3. The van der Waals surface area contributed by atoms with E-state index in [-0.39, 0.29) is 30.2 Å². The molecule has 0 amide bonds. The standard InChI is InChI=1S/C67H53N3O3/c1-4-5-9-20-43(2)64-57-41-46(31-34-61(57)71-66(64)68-51-21-10-6-11-22-51)49-37-48(45-33-36-63-56(40-45)44(3)54-27-16-19-30-60(54)70(73-63)53-25-14-8-15-26-53)38-50(39-49)47-32-35-62-58(42-47)65-55-28-17-18-29-59(55)69(67(65)72-62)52-23-12-7-13-24-52/h4-42,44,64-68H,2H2,1,3H3/b5-4-,20-9-. The summed E-state index contributed by atoms with van der Waals surface area (Å²) in [6.45, 7) is 8.92. The summed E-state index contributed by atoms with van der Waals surface area (Å²) in [4.78, 5) is 9.24. The molecule has 6 heteroatoms. The number of anilines is 5. The summed E-state index contributed by atoms with van der Waals surface area (Å²) in [6, 6.07) is 75.6. The SMILES string of the molecule is C=C(/C=C\C=C/C)C1c2cc(-c3cc(-c4ccc5c(c4)C(C)c4ccccc4N(c4ccccc4)O5)cc(-c4ccc5c(c4)C4c6ccccc6N(c6ccccc6)C4O5)c3)ccc2OC1Nc1ccccc1. The summed E-state index contributed by atoms with van der Waals surface area (Å²) in [7, 11) is 0. The summed E-state index contributed by atoms with van der Waals surface area (Å²) < 4.78 is 13.7. The molecular weight excluding hydrogens is 895 g/mol. The molecule has 13 rings (SSSR count). The van der Waals surface area contributed by atoms with Crippen LogP contribution in [0.5, 0.6) is 17.2 Å². The van der Waals surface area contributed by atoms with Gasteiger partial charge in [0.2, 0.25) is 0 Å². The van der Waals surface area contributed by atoms with Crippen molar-refractivity contribution in [3.05, 3.63) is 277 Å². The van der Waals surface area contributed by atoms with Gasteiger partial charge in [0.05, 0.1) is 23.2 Å². The van der Waals surface area contributed by atoms with Gasteiger partial charge in [0.25, 0.3) is 0 Å². The molecule has 1 N–H and O–H groups in total. The van der Waals surface area contributed by atoms with Gasteiger partial charge in [0.15, 0.2) is 18.2 Å². The van der Waals surface area contributed by atoms with Gasteiger partial charge in [-0.2, -0.15) is 5.06 Å². The van der Waals surface area contributed by atoms with E-state index in [4.69, 9.17) is 14.3 Å². The van der Waals surface area contributed by atoms with Gasteiger partial charge in [0.1, 0.15) is 11.5 Å². The predicted molar refractivity (Wildman–Crippen MR) is 298 cm³/mol. The number of benzene rings is 9. The molecule has 4 aliphatic heterocycles. The van der Waals surface area contributed by atoms with Gasteiger partial charge in [-0.15, -0.1) is 0 Å². The summed E-state index contributed by atoms with van der Waals surface area (Å²) in [5, 5.41) is 5.64. The third-order valence-electron chi connectivity index (χ3n) is 14.9. The molecule has 0 saturated carbocycles. The Balaban J connectivity index is 0.942. The number of allylic oxidation sites excluding steroid dienone is 4. The van der Waals surface area contributed by atoms with Gasteiger partial charge < -0.3 is 24.5 Å². The summed E-state index contributed by atoms with van der Waals surface area (Å²) in [5.41, 5.74) is 18.8. The van der Waals surface area contributed by atoms with Crippen LogP contribution in [0.1, 0.15) is 59.4 Å². The number of hydrogen-bond acceptors (Lipinski definition) is 6. The van der Waals surface area contributed by atoms with Crippen molar-refractivity contribution in [3.8, 4) is 50.6 Å². The Morgan fingerprint density at radius 2 is 1.04 bits per heavy atom. The first kappa shape index (κ1) is 44.0. The number of fused-ring (bicyclic) bond motifs is 8. The average Bonchev–Trinajstić information content (AvgIpc) is 4.08. The van der Waals surface area contributed by atoms with Gasteiger partial charge in [-0.3, -0.25) is 0 Å². The van der Waals surface area contributed by atoms with Crippen molar-refractivity contribution in [2.75, 3.05) is 15.3 Å². The number of nitrogens with one attached hydrogen (secondary N) is 1. The van der Waals surface area contributed by atoms with Gasteiger partial charge in [-0.1, -0.05) is 147 Å². The zero-order valence-electron chi connectivity index (χ0n) is 40.7. The van der Waals surface area contributed by atoms with Crippen molar-refractivity contribution in [1.29, 1.82) is 0 Å². The number of para-hydroxylation sites is 5. The summed E-state index contributed by atoms with van der Waals surface area (Å²) >= 11 is 0. The van der Waals surface area contributed by atoms with Crippen LogP contribution < -0.4 is 29.6 Å². The molecule has 5 atom stereocenters. The molecule has 0 fully saturated rings. The molecule has 73 heavy (non-hydrogen) atoms. The van der Waals surface area contributed by atoms with E-state index in [1.807, 2.05) is 48.4 Å². The van der Waals surface area contributed by atoms with Gasteiger partial charge >= 0.3 is 0 Å². The first-order valence-electron chi connectivity index (χ1n) is 25.2. The van der Waals surface area contributed by atoms with Crippen LogP contribution in [0.4, 0.5) is 28.4 Å². The molecular formula is C67H53N3O3. The van der Waals surface area contributed by atoms with E-state index in [9.17, 15) is 0 Å². The molecule has 4 aliphatic rings. The summed E-state index contributed by atoms with van der Waals surface area (Å²) in [6.07, 6.45) is 7.67. The maximum absolute atomic E-state index is 6.92. The fourth-order valence-electron chi connectivity index (χ4n) is 11.4.